The highest BCUT2D eigenvalue weighted by atomic mass is 79.9. The largest absolute Gasteiger partial charge is 0.378 e. The van der Waals surface area contributed by atoms with Crippen molar-refractivity contribution >= 4 is 33.0 Å². The molecular weight excluding hydrogens is 296 g/mol. The Morgan fingerprint density at radius 3 is 2.82 bits per heavy atom. The standard InChI is InChI=1S/C13H11BrN2S/c1-9(12-5-6-13(14)17-12)16-11-4-2-3-10(7-11)8-15/h2-7,9,16H,1H3. The number of hydrogen-bond acceptors (Lipinski definition) is 3. The summed E-state index contributed by atoms with van der Waals surface area (Å²) < 4.78 is 1.13. The van der Waals surface area contributed by atoms with Crippen molar-refractivity contribution in [3.05, 3.63) is 50.6 Å². The third kappa shape index (κ3) is 3.09. The normalized spacial score (nSPS) is 11.8. The van der Waals surface area contributed by atoms with Gasteiger partial charge in [0.25, 0.3) is 0 Å². The number of halogens is 1. The average molecular weight is 307 g/mol. The Morgan fingerprint density at radius 1 is 1.35 bits per heavy atom. The minimum Gasteiger partial charge on any atom is -0.378 e. The molecular formula is C13H11BrN2S. The highest BCUT2D eigenvalue weighted by molar-refractivity contribution is 9.11. The van der Waals surface area contributed by atoms with Crippen molar-refractivity contribution in [2.45, 2.75) is 13.0 Å². The summed E-state index contributed by atoms with van der Waals surface area (Å²) in [6, 6.07) is 14.0. The number of anilines is 1. The van der Waals surface area contributed by atoms with E-state index in [1.54, 1.807) is 17.4 Å². The second-order valence-corrected chi connectivity index (χ2v) is 6.20. The van der Waals surface area contributed by atoms with Gasteiger partial charge in [-0.15, -0.1) is 11.3 Å². The van der Waals surface area contributed by atoms with Gasteiger partial charge >= 0.3 is 0 Å². The Kier molecular flexibility index (Phi) is 3.82. The fourth-order valence-corrected chi connectivity index (χ4v) is 2.99. The number of thiophene rings is 1. The fourth-order valence-electron chi connectivity index (χ4n) is 1.56. The molecule has 0 aliphatic heterocycles. The molecule has 0 saturated carbocycles. The highest BCUT2D eigenvalue weighted by Gasteiger charge is 2.07. The summed E-state index contributed by atoms with van der Waals surface area (Å²) >= 11 is 5.17. The van der Waals surface area contributed by atoms with Gasteiger partial charge in [0.1, 0.15) is 0 Å². The molecule has 1 heterocycles. The first-order valence-electron chi connectivity index (χ1n) is 5.21. The van der Waals surface area contributed by atoms with E-state index in [1.165, 1.54) is 4.88 Å². The van der Waals surface area contributed by atoms with E-state index < -0.39 is 0 Å². The van der Waals surface area contributed by atoms with Gasteiger partial charge in [-0.2, -0.15) is 5.26 Å². The predicted molar refractivity (Wildman–Crippen MR) is 75.2 cm³/mol. The smallest absolute Gasteiger partial charge is 0.0992 e. The van der Waals surface area contributed by atoms with Gasteiger partial charge in [-0.3, -0.25) is 0 Å². The van der Waals surface area contributed by atoms with Crippen LogP contribution in [0.1, 0.15) is 23.4 Å². The highest BCUT2D eigenvalue weighted by Crippen LogP contribution is 2.29. The van der Waals surface area contributed by atoms with Crippen LogP contribution in [0.4, 0.5) is 5.69 Å². The van der Waals surface area contributed by atoms with Gasteiger partial charge < -0.3 is 5.32 Å². The summed E-state index contributed by atoms with van der Waals surface area (Å²) in [5.74, 6) is 0. The van der Waals surface area contributed by atoms with Crippen LogP contribution >= 0.6 is 27.3 Å². The lowest BCUT2D eigenvalue weighted by molar-refractivity contribution is 0.908. The first-order valence-corrected chi connectivity index (χ1v) is 6.82. The molecule has 0 bridgehead atoms. The molecule has 2 nitrogen and oxygen atoms in total. The lowest BCUT2D eigenvalue weighted by atomic mass is 10.2. The van der Waals surface area contributed by atoms with Gasteiger partial charge in [0.05, 0.1) is 21.5 Å². The molecule has 2 rings (SSSR count). The molecule has 0 aliphatic rings. The molecule has 4 heteroatoms. The molecule has 0 aliphatic carbocycles. The summed E-state index contributed by atoms with van der Waals surface area (Å²) in [5, 5.41) is 12.2. The molecule has 0 radical (unpaired) electrons. The Morgan fingerprint density at radius 2 is 2.18 bits per heavy atom. The molecule has 1 aromatic heterocycles. The predicted octanol–water partition coefficient (Wildman–Crippen LogP) is 4.56. The summed E-state index contributed by atoms with van der Waals surface area (Å²) in [6.45, 7) is 2.11. The molecule has 0 amide bonds. The van der Waals surface area contributed by atoms with Crippen LogP contribution in [0.2, 0.25) is 0 Å². The Balaban J connectivity index is 2.13. The Hall–Kier alpha value is -1.31. The number of nitrogens with one attached hydrogen (secondary N) is 1. The van der Waals surface area contributed by atoms with Crippen LogP contribution in [0, 0.1) is 11.3 Å². The van der Waals surface area contributed by atoms with Crippen LogP contribution in [0.5, 0.6) is 0 Å². The lowest BCUT2D eigenvalue weighted by Crippen LogP contribution is -2.04. The molecule has 1 aromatic carbocycles. The summed E-state index contributed by atoms with van der Waals surface area (Å²) in [6.07, 6.45) is 0. The quantitative estimate of drug-likeness (QED) is 0.902. The van der Waals surface area contributed by atoms with Crippen LogP contribution in [-0.4, -0.2) is 0 Å². The molecule has 0 fully saturated rings. The Labute approximate surface area is 113 Å². The monoisotopic (exact) mass is 306 g/mol. The minimum absolute atomic E-state index is 0.236. The van der Waals surface area contributed by atoms with Crippen molar-refractivity contribution in [1.29, 1.82) is 5.26 Å². The van der Waals surface area contributed by atoms with E-state index in [0.717, 1.165) is 9.47 Å². The summed E-state index contributed by atoms with van der Waals surface area (Å²) in [4.78, 5) is 1.26. The van der Waals surface area contributed by atoms with E-state index in [4.69, 9.17) is 5.26 Å². The van der Waals surface area contributed by atoms with Gasteiger partial charge in [-0.25, -0.2) is 0 Å². The molecule has 0 spiro atoms. The third-order valence-electron chi connectivity index (χ3n) is 2.40. The maximum absolute atomic E-state index is 8.83. The third-order valence-corrected chi connectivity index (χ3v) is 4.20. The van der Waals surface area contributed by atoms with Gasteiger partial charge in [0, 0.05) is 10.6 Å². The van der Waals surface area contributed by atoms with Crippen LogP contribution < -0.4 is 5.32 Å². The molecule has 2 aromatic rings. The maximum Gasteiger partial charge on any atom is 0.0992 e. The fraction of sp³-hybridized carbons (Fsp3) is 0.154. The van der Waals surface area contributed by atoms with E-state index >= 15 is 0 Å². The second kappa shape index (κ2) is 5.35. The second-order valence-electron chi connectivity index (χ2n) is 3.70. The zero-order valence-electron chi connectivity index (χ0n) is 9.27. The zero-order chi connectivity index (χ0) is 12.3. The number of hydrogen-bond donors (Lipinski definition) is 1. The van der Waals surface area contributed by atoms with Crippen LogP contribution in [-0.2, 0) is 0 Å². The van der Waals surface area contributed by atoms with Crippen molar-refractivity contribution < 1.29 is 0 Å². The Bertz CT molecular complexity index is 557. The molecule has 1 unspecified atom stereocenters. The van der Waals surface area contributed by atoms with Crippen molar-refractivity contribution in [2.24, 2.45) is 0 Å². The van der Waals surface area contributed by atoms with Gasteiger partial charge in [-0.1, -0.05) is 6.07 Å². The van der Waals surface area contributed by atoms with Crippen LogP contribution in [0.15, 0.2) is 40.2 Å². The van der Waals surface area contributed by atoms with E-state index in [-0.39, 0.29) is 6.04 Å². The van der Waals surface area contributed by atoms with Gasteiger partial charge in [-0.05, 0) is 53.2 Å². The van der Waals surface area contributed by atoms with E-state index in [2.05, 4.69) is 40.3 Å². The first-order chi connectivity index (χ1) is 8.19. The zero-order valence-corrected chi connectivity index (χ0v) is 11.7. The molecule has 1 atom stereocenters. The number of rotatable bonds is 3. The average Bonchev–Trinajstić information content (AvgIpc) is 2.76. The topological polar surface area (TPSA) is 35.8 Å². The van der Waals surface area contributed by atoms with Crippen molar-refractivity contribution in [1.82, 2.24) is 0 Å². The van der Waals surface area contributed by atoms with Crippen molar-refractivity contribution in [2.75, 3.05) is 5.32 Å². The molecule has 0 saturated heterocycles. The lowest BCUT2D eigenvalue weighted by Gasteiger charge is -2.13. The van der Waals surface area contributed by atoms with Gasteiger partial charge in [0.15, 0.2) is 0 Å². The van der Waals surface area contributed by atoms with Gasteiger partial charge in [0.2, 0.25) is 0 Å². The number of nitrogens with zero attached hydrogens (tertiary/aromatic N) is 1. The summed E-state index contributed by atoms with van der Waals surface area (Å²) in [7, 11) is 0. The molecule has 86 valence electrons. The number of benzene rings is 1. The molecule has 17 heavy (non-hydrogen) atoms. The minimum atomic E-state index is 0.236. The SMILES string of the molecule is CC(Nc1cccc(C#N)c1)c1ccc(Br)s1. The van der Waals surface area contributed by atoms with Crippen molar-refractivity contribution in [3.8, 4) is 6.07 Å². The molecule has 1 N–H and O–H groups in total. The maximum atomic E-state index is 8.83. The van der Waals surface area contributed by atoms with Crippen molar-refractivity contribution in [3.63, 3.8) is 0 Å². The van der Waals surface area contributed by atoms with E-state index in [1.807, 2.05) is 24.3 Å². The number of nitriles is 1. The van der Waals surface area contributed by atoms with E-state index in [9.17, 15) is 0 Å². The van der Waals surface area contributed by atoms with E-state index in [0.29, 0.717) is 5.56 Å². The first kappa shape index (κ1) is 12.2. The van der Waals surface area contributed by atoms with Crippen LogP contribution in [0.3, 0.4) is 0 Å². The summed E-state index contributed by atoms with van der Waals surface area (Å²) in [5.41, 5.74) is 1.65. The van der Waals surface area contributed by atoms with Crippen LogP contribution in [0.25, 0.3) is 0 Å².